The van der Waals surface area contributed by atoms with Crippen LogP contribution in [0.2, 0.25) is 0 Å². The van der Waals surface area contributed by atoms with Crippen molar-refractivity contribution in [3.05, 3.63) is 69.1 Å². The van der Waals surface area contributed by atoms with Gasteiger partial charge in [0.2, 0.25) is 11.8 Å². The predicted octanol–water partition coefficient (Wildman–Crippen LogP) is 4.04. The summed E-state index contributed by atoms with van der Waals surface area (Å²) < 4.78 is 2.86. The minimum atomic E-state index is -0.643. The number of pyridine rings is 1. The Bertz CT molecular complexity index is 1820. The molecule has 216 valence electrons. The van der Waals surface area contributed by atoms with Crippen LogP contribution in [0, 0.1) is 31.4 Å². The van der Waals surface area contributed by atoms with E-state index in [0.717, 1.165) is 17.5 Å². The molecule has 1 aliphatic heterocycles. The number of carbonyl (C=O) groups is 3. The van der Waals surface area contributed by atoms with Crippen LogP contribution in [0.4, 0.5) is 5.82 Å². The van der Waals surface area contributed by atoms with E-state index < -0.39 is 6.04 Å². The topological polar surface area (TPSA) is 137 Å². The molecule has 3 aromatic heterocycles. The molecule has 1 saturated heterocycles. The number of aryl methyl sites for hydroxylation is 3. The zero-order valence-corrected chi connectivity index (χ0v) is 25.5. The fourth-order valence-electron chi connectivity index (χ4n) is 6.09. The van der Waals surface area contributed by atoms with Gasteiger partial charge in [0.25, 0.3) is 5.82 Å². The van der Waals surface area contributed by atoms with E-state index in [2.05, 4.69) is 43.2 Å². The fourth-order valence-corrected chi connectivity index (χ4v) is 6.40. The molecule has 0 spiro atoms. The number of nitrogens with one attached hydrogen (secondary N) is 1. The first-order valence-electron chi connectivity index (χ1n) is 13.7. The van der Waals surface area contributed by atoms with Gasteiger partial charge >= 0.3 is 0 Å². The number of carbonyl (C=O) groups excluding carboxylic acids is 3. The Balaban J connectivity index is 1.32. The van der Waals surface area contributed by atoms with Crippen LogP contribution in [0.3, 0.4) is 0 Å². The molecule has 0 unspecified atom stereocenters. The lowest BCUT2D eigenvalue weighted by Crippen LogP contribution is -2.47. The second-order valence-corrected chi connectivity index (χ2v) is 12.5. The summed E-state index contributed by atoms with van der Waals surface area (Å²) in [5.41, 5.74) is 3.71. The summed E-state index contributed by atoms with van der Waals surface area (Å²) in [7, 11) is 0. The number of piperidine rings is 1. The van der Waals surface area contributed by atoms with E-state index in [9.17, 15) is 19.6 Å². The van der Waals surface area contributed by atoms with Gasteiger partial charge in [-0.1, -0.05) is 18.0 Å². The predicted molar refractivity (Wildman–Crippen MR) is 158 cm³/mol. The molecule has 6 rings (SSSR count). The Morgan fingerprint density at radius 2 is 1.90 bits per heavy atom. The number of hydrogen-bond acceptors (Lipinski definition) is 7. The van der Waals surface area contributed by atoms with E-state index in [0.29, 0.717) is 49.4 Å². The highest BCUT2D eigenvalue weighted by atomic mass is 79.9. The maximum absolute atomic E-state index is 13.9. The molecule has 2 aliphatic rings. The summed E-state index contributed by atoms with van der Waals surface area (Å²) in [5.74, 6) is 0.0286. The van der Waals surface area contributed by atoms with E-state index in [-0.39, 0.29) is 41.3 Å². The Morgan fingerprint density at radius 3 is 2.62 bits per heavy atom. The number of ketones is 1. The van der Waals surface area contributed by atoms with Crippen LogP contribution in [0.1, 0.15) is 54.1 Å². The van der Waals surface area contributed by atoms with Crippen molar-refractivity contribution in [3.8, 4) is 11.1 Å². The lowest BCUT2D eigenvalue weighted by atomic mass is 10.0. The summed E-state index contributed by atoms with van der Waals surface area (Å²) in [6.07, 6.45) is 4.46. The van der Waals surface area contributed by atoms with Crippen molar-refractivity contribution in [1.29, 1.82) is 0 Å². The summed E-state index contributed by atoms with van der Waals surface area (Å²) in [5, 5.41) is 20.2. The van der Waals surface area contributed by atoms with Crippen LogP contribution in [0.15, 0.2) is 41.3 Å². The Kier molecular flexibility index (Phi) is 6.64. The van der Waals surface area contributed by atoms with E-state index in [4.69, 9.17) is 0 Å². The summed E-state index contributed by atoms with van der Waals surface area (Å²) in [6.45, 7) is 8.77. The van der Waals surface area contributed by atoms with Gasteiger partial charge in [-0.15, -0.1) is 0 Å². The molecule has 1 aromatic carbocycles. The molecule has 1 N–H and O–H groups in total. The minimum Gasteiger partial charge on any atom is -0.711 e. The average Bonchev–Trinajstić information content (AvgIpc) is 3.28. The number of aromatic nitrogens is 5. The Labute approximate surface area is 250 Å². The zero-order chi connectivity index (χ0) is 30.1. The van der Waals surface area contributed by atoms with Gasteiger partial charge in [0, 0.05) is 25.3 Å². The van der Waals surface area contributed by atoms with Crippen molar-refractivity contribution in [1.82, 2.24) is 24.6 Å². The molecule has 1 saturated carbocycles. The number of rotatable bonds is 6. The molecule has 3 atom stereocenters. The average molecular weight is 633 g/mol. The molecule has 4 aromatic rings. The van der Waals surface area contributed by atoms with Gasteiger partial charge in [-0.3, -0.25) is 19.1 Å². The number of likely N-dealkylation sites (tertiary alicyclic amines) is 1. The van der Waals surface area contributed by atoms with Gasteiger partial charge < -0.3 is 15.4 Å². The molecular weight excluding hydrogens is 602 g/mol. The lowest BCUT2D eigenvalue weighted by Gasteiger charge is -2.27. The molecular formula is C30H30BrN7O4. The van der Waals surface area contributed by atoms with Crippen molar-refractivity contribution in [2.45, 2.75) is 66.1 Å². The van der Waals surface area contributed by atoms with Crippen molar-refractivity contribution in [2.24, 2.45) is 5.41 Å². The number of nitrogens with zero attached hydrogens (tertiary/aromatic N) is 6. The van der Waals surface area contributed by atoms with Crippen LogP contribution in [-0.4, -0.2) is 54.3 Å². The molecule has 4 heterocycles. The first kappa shape index (κ1) is 28.0. The van der Waals surface area contributed by atoms with E-state index >= 15 is 0 Å². The third kappa shape index (κ3) is 4.73. The van der Waals surface area contributed by atoms with Gasteiger partial charge in [-0.25, -0.2) is 9.71 Å². The highest BCUT2D eigenvalue weighted by molar-refractivity contribution is 9.10. The smallest absolute Gasteiger partial charge is 0.298 e. The maximum Gasteiger partial charge on any atom is 0.298 e. The van der Waals surface area contributed by atoms with Crippen molar-refractivity contribution >= 4 is 50.2 Å². The van der Waals surface area contributed by atoms with Crippen molar-refractivity contribution in [2.75, 3.05) is 5.32 Å². The van der Waals surface area contributed by atoms with E-state index in [1.165, 1.54) is 13.1 Å². The van der Waals surface area contributed by atoms with Gasteiger partial charge in [-0.2, -0.15) is 5.10 Å². The molecule has 2 fully saturated rings. The minimum absolute atomic E-state index is 0.0352. The molecule has 42 heavy (non-hydrogen) atoms. The summed E-state index contributed by atoms with van der Waals surface area (Å²) in [6, 6.07) is 6.68. The van der Waals surface area contributed by atoms with Crippen LogP contribution >= 0.6 is 15.9 Å². The monoisotopic (exact) mass is 631 g/mol. The van der Waals surface area contributed by atoms with Crippen molar-refractivity contribution in [3.63, 3.8) is 0 Å². The van der Waals surface area contributed by atoms with Crippen LogP contribution in [0.5, 0.6) is 0 Å². The molecule has 2 amide bonds. The number of Topliss-reactive ketones (excluding diaryl/α,β-unsaturated/α-hetero) is 1. The fraction of sp³-hybridized carbons (Fsp3) is 0.367. The first-order chi connectivity index (χ1) is 19.9. The SMILES string of the molecule is CC(=O)c1nn(CC(=O)N2[C@H](C(=O)Nc3nc(Br)ccc3C)C[C@@]3(C)C[C@@H]23)c2c(C)cc(-c3cnc(C)[n+]([O-])c3)cc12. The Hall–Kier alpha value is -4.19. The number of benzene rings is 1. The molecule has 0 bridgehead atoms. The van der Waals surface area contributed by atoms with Crippen LogP contribution in [-0.2, 0) is 16.1 Å². The largest absolute Gasteiger partial charge is 0.711 e. The quantitative estimate of drug-likeness (QED) is 0.147. The maximum atomic E-state index is 13.9. The summed E-state index contributed by atoms with van der Waals surface area (Å²) in [4.78, 5) is 50.3. The Morgan fingerprint density at radius 1 is 1.14 bits per heavy atom. The van der Waals surface area contributed by atoms with Crippen molar-refractivity contribution < 1.29 is 19.1 Å². The van der Waals surface area contributed by atoms with Crippen LogP contribution < -0.4 is 10.0 Å². The molecule has 1 aliphatic carbocycles. The normalized spacial score (nSPS) is 21.0. The summed E-state index contributed by atoms with van der Waals surface area (Å²) >= 11 is 3.35. The lowest BCUT2D eigenvalue weighted by molar-refractivity contribution is -0.615. The first-order valence-corrected chi connectivity index (χ1v) is 14.5. The zero-order valence-electron chi connectivity index (χ0n) is 23.9. The van der Waals surface area contributed by atoms with Gasteiger partial charge in [-0.05, 0) is 82.9 Å². The second-order valence-electron chi connectivity index (χ2n) is 11.7. The standard InChI is InChI=1S/C30H30BrN7O4/c1-15-6-7-24(31)33-28(15)34-29(41)22-10-30(5)11-23(30)38(22)25(40)14-36-27-16(2)8-19(9-21(27)26(35-36)17(3)39)20-12-32-18(4)37(42)13-20/h6-9,12-13,22-23H,10-11,14H2,1-5H3,(H,33,34,41)/t22-,23+,30-/m0/s1. The van der Waals surface area contributed by atoms with Crippen LogP contribution in [0.25, 0.3) is 22.0 Å². The highest BCUT2D eigenvalue weighted by Gasteiger charge is 2.64. The third-order valence-corrected chi connectivity index (χ3v) is 8.92. The third-order valence-electron chi connectivity index (χ3n) is 8.48. The highest BCUT2D eigenvalue weighted by Crippen LogP contribution is 2.59. The van der Waals surface area contributed by atoms with E-state index in [1.54, 1.807) is 34.8 Å². The number of hydrogen-bond donors (Lipinski definition) is 1. The van der Waals surface area contributed by atoms with Gasteiger partial charge in [0.15, 0.2) is 12.0 Å². The second kappa shape index (κ2) is 9.97. The number of fused-ring (bicyclic) bond motifs is 2. The van der Waals surface area contributed by atoms with E-state index in [1.807, 2.05) is 26.0 Å². The number of halogens is 1. The number of anilines is 1. The number of amides is 2. The van der Waals surface area contributed by atoms with Gasteiger partial charge in [0.05, 0.1) is 11.1 Å². The molecule has 12 heteroatoms. The van der Waals surface area contributed by atoms with Gasteiger partial charge in [0.1, 0.15) is 34.9 Å². The molecule has 11 nitrogen and oxygen atoms in total. The molecule has 0 radical (unpaired) electrons.